The smallest absolute Gasteiger partial charge is 0.220 e. The van der Waals surface area contributed by atoms with Crippen molar-refractivity contribution in [3.05, 3.63) is 36.5 Å². The second kappa shape index (κ2) is 19.4. The van der Waals surface area contributed by atoms with Crippen molar-refractivity contribution >= 4 is 5.91 Å². The van der Waals surface area contributed by atoms with Crippen LogP contribution in [0.4, 0.5) is 0 Å². The first kappa shape index (κ1) is 25.6. The van der Waals surface area contributed by atoms with Crippen molar-refractivity contribution in [1.29, 1.82) is 0 Å². The second-order valence-electron chi connectivity index (χ2n) is 6.97. The summed E-state index contributed by atoms with van der Waals surface area (Å²) in [7, 11) is 0. The lowest BCUT2D eigenvalue weighted by molar-refractivity contribution is -0.123. The minimum Gasteiger partial charge on any atom is -0.394 e. The summed E-state index contributed by atoms with van der Waals surface area (Å²) >= 11 is 0. The maximum absolute atomic E-state index is 11.9. The third-order valence-electron chi connectivity index (χ3n) is 4.33. The molecule has 3 N–H and O–H groups in total. The fourth-order valence-corrected chi connectivity index (χ4v) is 2.62. The van der Waals surface area contributed by atoms with Crippen molar-refractivity contribution in [3.8, 4) is 0 Å². The van der Waals surface area contributed by atoms with Crippen molar-refractivity contribution in [2.75, 3.05) is 6.61 Å². The highest BCUT2D eigenvalue weighted by Crippen LogP contribution is 2.04. The quantitative estimate of drug-likeness (QED) is 0.250. The lowest BCUT2D eigenvalue weighted by Crippen LogP contribution is -2.45. The number of nitrogens with one attached hydrogen (secondary N) is 1. The van der Waals surface area contributed by atoms with E-state index >= 15 is 0 Å². The fraction of sp³-hybridized carbons (Fsp3) is 0.696. The van der Waals surface area contributed by atoms with Crippen LogP contribution in [0.3, 0.4) is 0 Å². The van der Waals surface area contributed by atoms with Crippen LogP contribution in [0.25, 0.3) is 0 Å². The number of aliphatic hydroxyl groups is 2. The molecule has 0 saturated carbocycles. The lowest BCUT2D eigenvalue weighted by atomic mass is 10.1. The highest BCUT2D eigenvalue weighted by molar-refractivity contribution is 5.76. The number of carbonyl (C=O) groups is 1. The molecule has 0 heterocycles. The van der Waals surface area contributed by atoms with Crippen LogP contribution in [-0.2, 0) is 4.79 Å². The standard InChI is InChI=1S/C23H41NO3/c1-3-5-7-9-10-11-12-13-14-15-16-18-22(26)21(20-25)24-23(27)19-17-8-6-4-2/h7,9,12-13,16,18,21-22,25-26H,3-6,8,10-11,14-15,17,19-20H2,1-2H3,(H,24,27)/b9-7+,13-12+,18-16+. The average Bonchev–Trinajstić information content (AvgIpc) is 2.67. The summed E-state index contributed by atoms with van der Waals surface area (Å²) < 4.78 is 0. The molecule has 2 unspecified atom stereocenters. The number of amides is 1. The van der Waals surface area contributed by atoms with E-state index in [0.717, 1.165) is 57.8 Å². The minimum atomic E-state index is -0.859. The number of hydrogen-bond acceptors (Lipinski definition) is 3. The highest BCUT2D eigenvalue weighted by atomic mass is 16.3. The molecule has 4 heteroatoms. The minimum absolute atomic E-state index is 0.103. The zero-order chi connectivity index (χ0) is 20.2. The van der Waals surface area contributed by atoms with Crippen LogP contribution in [0.1, 0.15) is 84.5 Å². The van der Waals surface area contributed by atoms with Crippen LogP contribution >= 0.6 is 0 Å². The monoisotopic (exact) mass is 379 g/mol. The van der Waals surface area contributed by atoms with Crippen molar-refractivity contribution in [1.82, 2.24) is 5.32 Å². The second-order valence-corrected chi connectivity index (χ2v) is 6.97. The highest BCUT2D eigenvalue weighted by Gasteiger charge is 2.17. The summed E-state index contributed by atoms with van der Waals surface area (Å²) in [4.78, 5) is 11.9. The Labute approximate surface area is 166 Å². The predicted octanol–water partition coefficient (Wildman–Crippen LogP) is 4.82. The number of aliphatic hydroxyl groups excluding tert-OH is 2. The van der Waals surface area contributed by atoms with Crippen LogP contribution < -0.4 is 5.32 Å². The molecular weight excluding hydrogens is 338 g/mol. The van der Waals surface area contributed by atoms with Gasteiger partial charge in [-0.2, -0.15) is 0 Å². The molecule has 0 bridgehead atoms. The molecule has 1 amide bonds. The van der Waals surface area contributed by atoms with E-state index in [0.29, 0.717) is 6.42 Å². The summed E-state index contributed by atoms with van der Waals surface area (Å²) in [6.45, 7) is 4.05. The van der Waals surface area contributed by atoms with Gasteiger partial charge in [0.2, 0.25) is 5.91 Å². The molecule has 0 radical (unpaired) electrons. The molecule has 0 aromatic carbocycles. The molecule has 0 fully saturated rings. The van der Waals surface area contributed by atoms with E-state index in [9.17, 15) is 15.0 Å². The van der Waals surface area contributed by atoms with Crippen molar-refractivity contribution < 1.29 is 15.0 Å². The van der Waals surface area contributed by atoms with E-state index in [4.69, 9.17) is 0 Å². The van der Waals surface area contributed by atoms with E-state index in [-0.39, 0.29) is 12.5 Å². The summed E-state index contributed by atoms with van der Waals surface area (Å²) in [5.74, 6) is -0.103. The van der Waals surface area contributed by atoms with Gasteiger partial charge in [-0.3, -0.25) is 4.79 Å². The van der Waals surface area contributed by atoms with Gasteiger partial charge in [-0.15, -0.1) is 0 Å². The Balaban J connectivity index is 3.93. The third-order valence-corrected chi connectivity index (χ3v) is 4.33. The Morgan fingerprint density at radius 1 is 0.852 bits per heavy atom. The van der Waals surface area contributed by atoms with Gasteiger partial charge in [-0.25, -0.2) is 0 Å². The van der Waals surface area contributed by atoms with Crippen molar-refractivity contribution in [3.63, 3.8) is 0 Å². The Kier molecular flexibility index (Phi) is 18.4. The van der Waals surface area contributed by atoms with Gasteiger partial charge in [0.25, 0.3) is 0 Å². The molecule has 4 nitrogen and oxygen atoms in total. The Morgan fingerprint density at radius 3 is 2.00 bits per heavy atom. The van der Waals surface area contributed by atoms with E-state index in [1.807, 2.05) is 6.08 Å². The van der Waals surface area contributed by atoms with Gasteiger partial charge in [0.15, 0.2) is 0 Å². The van der Waals surface area contributed by atoms with Gasteiger partial charge in [0.05, 0.1) is 18.8 Å². The summed E-state index contributed by atoms with van der Waals surface area (Å²) in [6.07, 6.45) is 22.4. The van der Waals surface area contributed by atoms with Gasteiger partial charge in [-0.05, 0) is 38.5 Å². The van der Waals surface area contributed by atoms with E-state index in [1.54, 1.807) is 6.08 Å². The predicted molar refractivity (Wildman–Crippen MR) is 115 cm³/mol. The van der Waals surface area contributed by atoms with Gasteiger partial charge < -0.3 is 15.5 Å². The van der Waals surface area contributed by atoms with Crippen LogP contribution in [0.2, 0.25) is 0 Å². The van der Waals surface area contributed by atoms with Crippen LogP contribution in [0.5, 0.6) is 0 Å². The third kappa shape index (κ3) is 16.5. The van der Waals surface area contributed by atoms with E-state index in [1.165, 1.54) is 6.42 Å². The first-order valence-electron chi connectivity index (χ1n) is 10.7. The summed E-state index contributed by atoms with van der Waals surface area (Å²) in [6, 6.07) is -0.634. The number of unbranched alkanes of at least 4 members (excludes halogenated alkanes) is 6. The number of rotatable bonds is 17. The Morgan fingerprint density at radius 2 is 1.44 bits per heavy atom. The number of allylic oxidation sites excluding steroid dienone is 5. The van der Waals surface area contributed by atoms with Gasteiger partial charge >= 0.3 is 0 Å². The molecular formula is C23H41NO3. The maximum Gasteiger partial charge on any atom is 0.220 e. The number of hydrogen-bond donors (Lipinski definition) is 3. The summed E-state index contributed by atoms with van der Waals surface area (Å²) in [5.41, 5.74) is 0. The Bertz CT molecular complexity index is 429. The molecule has 0 rings (SSSR count). The largest absolute Gasteiger partial charge is 0.394 e. The molecule has 0 aromatic heterocycles. The molecule has 0 saturated heterocycles. The molecule has 156 valence electrons. The van der Waals surface area contributed by atoms with Crippen LogP contribution in [-0.4, -0.2) is 34.9 Å². The lowest BCUT2D eigenvalue weighted by Gasteiger charge is -2.19. The first-order chi connectivity index (χ1) is 13.2. The molecule has 0 spiro atoms. The maximum atomic E-state index is 11.9. The molecule has 0 aliphatic rings. The Hall–Kier alpha value is -1.39. The first-order valence-corrected chi connectivity index (χ1v) is 10.7. The zero-order valence-corrected chi connectivity index (χ0v) is 17.4. The summed E-state index contributed by atoms with van der Waals surface area (Å²) in [5, 5.41) is 22.3. The molecule has 0 aliphatic heterocycles. The molecule has 2 atom stereocenters. The van der Waals surface area contributed by atoms with Gasteiger partial charge in [0, 0.05) is 6.42 Å². The van der Waals surface area contributed by atoms with Crippen molar-refractivity contribution in [2.45, 2.75) is 96.6 Å². The normalized spacial score (nSPS) is 14.4. The van der Waals surface area contributed by atoms with E-state index in [2.05, 4.69) is 43.5 Å². The van der Waals surface area contributed by atoms with Crippen molar-refractivity contribution in [2.24, 2.45) is 0 Å². The van der Waals surface area contributed by atoms with E-state index < -0.39 is 12.1 Å². The van der Waals surface area contributed by atoms with Gasteiger partial charge in [0.1, 0.15) is 0 Å². The number of carbonyl (C=O) groups excluding carboxylic acids is 1. The van der Waals surface area contributed by atoms with Crippen LogP contribution in [0.15, 0.2) is 36.5 Å². The van der Waals surface area contributed by atoms with Gasteiger partial charge in [-0.1, -0.05) is 76.0 Å². The fourth-order valence-electron chi connectivity index (χ4n) is 2.62. The molecule has 0 aromatic rings. The average molecular weight is 380 g/mol. The zero-order valence-electron chi connectivity index (χ0n) is 17.4. The topological polar surface area (TPSA) is 69.6 Å². The SMILES string of the molecule is CCC/C=C/CC/C=C/CC/C=C/C(O)C(CO)NC(=O)CCCCCC. The molecule has 0 aliphatic carbocycles. The molecule has 27 heavy (non-hydrogen) atoms. The van der Waals surface area contributed by atoms with Crippen LogP contribution in [0, 0.1) is 0 Å².